The summed E-state index contributed by atoms with van der Waals surface area (Å²) in [7, 11) is -6.11. The van der Waals surface area contributed by atoms with Gasteiger partial charge >= 0.3 is 0 Å². The van der Waals surface area contributed by atoms with Gasteiger partial charge in [-0.1, -0.05) is 26.2 Å². The van der Waals surface area contributed by atoms with E-state index >= 15 is 0 Å². The summed E-state index contributed by atoms with van der Waals surface area (Å²) in [5, 5.41) is 0. The van der Waals surface area contributed by atoms with Gasteiger partial charge in [0.15, 0.2) is 0 Å². The Balaban J connectivity index is 1.98. The van der Waals surface area contributed by atoms with Crippen molar-refractivity contribution < 1.29 is 21.2 Å². The summed E-state index contributed by atoms with van der Waals surface area (Å²) in [5.41, 5.74) is 0. The minimum Gasteiger partial charge on any atom is -0.212 e. The van der Waals surface area contributed by atoms with E-state index in [-0.39, 0.29) is 23.2 Å². The SMILES string of the molecule is CC[C@@H]1CCCC[C@@H]1NS(=O)(=O)CCN(C)S(=O)(=O)c1ccc(F)cc1. The Morgan fingerprint density at radius 1 is 1.12 bits per heavy atom. The zero-order valence-corrected chi connectivity index (χ0v) is 16.8. The normalized spacial score (nSPS) is 21.8. The standard InChI is InChI=1S/C17H27FN2O4S2/c1-3-14-6-4-5-7-17(14)19-25(21,22)13-12-20(2)26(23,24)16-10-8-15(18)9-11-16/h8-11,14,17,19H,3-7,12-13H2,1-2H3/t14-,17+/m1/s1. The first kappa shape index (κ1) is 21.3. The van der Waals surface area contributed by atoms with Crippen molar-refractivity contribution in [2.75, 3.05) is 19.3 Å². The molecular weight excluding hydrogens is 379 g/mol. The molecule has 0 heterocycles. The lowest BCUT2D eigenvalue weighted by Gasteiger charge is -2.31. The van der Waals surface area contributed by atoms with E-state index in [9.17, 15) is 21.2 Å². The lowest BCUT2D eigenvalue weighted by molar-refractivity contribution is 0.282. The number of nitrogens with zero attached hydrogens (tertiary/aromatic N) is 1. The van der Waals surface area contributed by atoms with Crippen LogP contribution in [0.3, 0.4) is 0 Å². The predicted octanol–water partition coefficient (Wildman–Crippen LogP) is 2.33. The van der Waals surface area contributed by atoms with E-state index < -0.39 is 25.9 Å². The minimum atomic E-state index is -3.85. The summed E-state index contributed by atoms with van der Waals surface area (Å²) in [5.74, 6) is -0.507. The molecule has 0 bridgehead atoms. The third-order valence-corrected chi connectivity index (χ3v) is 8.21. The molecule has 9 heteroatoms. The molecule has 2 atom stereocenters. The van der Waals surface area contributed by atoms with Crippen LogP contribution in [0.25, 0.3) is 0 Å². The molecule has 0 radical (unpaired) electrons. The van der Waals surface area contributed by atoms with Crippen LogP contribution in [-0.4, -0.2) is 46.5 Å². The zero-order valence-electron chi connectivity index (χ0n) is 15.2. The summed E-state index contributed by atoms with van der Waals surface area (Å²) in [4.78, 5) is -0.0647. The van der Waals surface area contributed by atoms with Gasteiger partial charge < -0.3 is 0 Å². The van der Waals surface area contributed by atoms with Gasteiger partial charge in [-0.25, -0.2) is 25.9 Å². The Morgan fingerprint density at radius 2 is 1.73 bits per heavy atom. The van der Waals surface area contributed by atoms with Crippen LogP contribution in [0.1, 0.15) is 39.0 Å². The molecule has 1 fully saturated rings. The van der Waals surface area contributed by atoms with Crippen molar-refractivity contribution in [1.29, 1.82) is 0 Å². The first-order chi connectivity index (χ1) is 12.2. The second-order valence-corrected chi connectivity index (χ2v) is 10.7. The van der Waals surface area contributed by atoms with E-state index in [4.69, 9.17) is 0 Å². The van der Waals surface area contributed by atoms with Crippen molar-refractivity contribution in [3.05, 3.63) is 30.1 Å². The number of nitrogens with one attached hydrogen (secondary N) is 1. The molecule has 0 aliphatic heterocycles. The molecule has 1 aliphatic carbocycles. The van der Waals surface area contributed by atoms with Crippen molar-refractivity contribution in [3.63, 3.8) is 0 Å². The molecule has 26 heavy (non-hydrogen) atoms. The number of benzene rings is 1. The summed E-state index contributed by atoms with van der Waals surface area (Å²) in [6, 6.07) is 4.39. The lowest BCUT2D eigenvalue weighted by atomic mass is 9.83. The van der Waals surface area contributed by atoms with Crippen LogP contribution >= 0.6 is 0 Å². The molecule has 2 rings (SSSR count). The Bertz CT molecular complexity index is 795. The Morgan fingerprint density at radius 3 is 2.35 bits per heavy atom. The maximum Gasteiger partial charge on any atom is 0.242 e. The number of halogens is 1. The molecular formula is C17H27FN2O4S2. The van der Waals surface area contributed by atoms with Gasteiger partial charge in [0.2, 0.25) is 20.0 Å². The summed E-state index contributed by atoms with van der Waals surface area (Å²) in [6.07, 6.45) is 4.88. The van der Waals surface area contributed by atoms with Crippen molar-refractivity contribution in [1.82, 2.24) is 9.03 Å². The average Bonchev–Trinajstić information content (AvgIpc) is 2.60. The zero-order chi connectivity index (χ0) is 19.4. The number of hydrogen-bond acceptors (Lipinski definition) is 4. The van der Waals surface area contributed by atoms with Crippen LogP contribution in [0.5, 0.6) is 0 Å². The van der Waals surface area contributed by atoms with Gasteiger partial charge in [-0.3, -0.25) is 0 Å². The number of sulfonamides is 2. The van der Waals surface area contributed by atoms with Gasteiger partial charge in [-0.15, -0.1) is 0 Å². The van der Waals surface area contributed by atoms with E-state index in [0.717, 1.165) is 48.5 Å². The fourth-order valence-corrected chi connectivity index (χ4v) is 5.99. The number of rotatable bonds is 8. The molecule has 1 aliphatic rings. The van der Waals surface area contributed by atoms with Crippen LogP contribution in [0.15, 0.2) is 29.2 Å². The Kier molecular flexibility index (Phi) is 7.18. The molecule has 0 spiro atoms. The molecule has 1 aromatic rings. The highest BCUT2D eigenvalue weighted by atomic mass is 32.2. The highest BCUT2D eigenvalue weighted by Gasteiger charge is 2.28. The molecule has 1 aromatic carbocycles. The van der Waals surface area contributed by atoms with E-state index in [2.05, 4.69) is 11.6 Å². The molecule has 6 nitrogen and oxygen atoms in total. The Labute approximate surface area is 155 Å². The molecule has 1 N–H and O–H groups in total. The fraction of sp³-hybridized carbons (Fsp3) is 0.647. The van der Waals surface area contributed by atoms with E-state index in [1.807, 2.05) is 0 Å². The van der Waals surface area contributed by atoms with Crippen molar-refractivity contribution in [2.45, 2.75) is 50.0 Å². The molecule has 0 amide bonds. The summed E-state index contributed by atoms with van der Waals surface area (Å²) >= 11 is 0. The van der Waals surface area contributed by atoms with Crippen LogP contribution in [-0.2, 0) is 20.0 Å². The highest BCUT2D eigenvalue weighted by Crippen LogP contribution is 2.27. The van der Waals surface area contributed by atoms with Crippen LogP contribution in [0.4, 0.5) is 4.39 Å². The van der Waals surface area contributed by atoms with Crippen molar-refractivity contribution in [3.8, 4) is 0 Å². The average molecular weight is 407 g/mol. The first-order valence-corrected chi connectivity index (χ1v) is 12.0. The maximum atomic E-state index is 13.0. The smallest absolute Gasteiger partial charge is 0.212 e. The number of hydrogen-bond donors (Lipinski definition) is 1. The van der Waals surface area contributed by atoms with E-state index in [1.165, 1.54) is 19.2 Å². The van der Waals surface area contributed by atoms with Gasteiger partial charge in [0.25, 0.3) is 0 Å². The Hall–Kier alpha value is -1.03. The van der Waals surface area contributed by atoms with Crippen LogP contribution in [0.2, 0.25) is 0 Å². The quantitative estimate of drug-likeness (QED) is 0.718. The summed E-state index contributed by atoms with van der Waals surface area (Å²) < 4.78 is 66.4. The maximum absolute atomic E-state index is 13.0. The predicted molar refractivity (Wildman–Crippen MR) is 99.2 cm³/mol. The minimum absolute atomic E-state index is 0.0647. The van der Waals surface area contributed by atoms with E-state index in [0.29, 0.717) is 5.92 Å². The second kappa shape index (κ2) is 8.77. The fourth-order valence-electron chi connectivity index (χ4n) is 3.30. The van der Waals surface area contributed by atoms with Gasteiger partial charge in [-0.05, 0) is 43.0 Å². The second-order valence-electron chi connectivity index (χ2n) is 6.78. The van der Waals surface area contributed by atoms with Crippen LogP contribution in [0, 0.1) is 11.7 Å². The largest absolute Gasteiger partial charge is 0.242 e. The van der Waals surface area contributed by atoms with Gasteiger partial charge in [0, 0.05) is 19.6 Å². The highest BCUT2D eigenvalue weighted by molar-refractivity contribution is 7.90. The topological polar surface area (TPSA) is 83.6 Å². The summed E-state index contributed by atoms with van der Waals surface area (Å²) in [6.45, 7) is 1.89. The van der Waals surface area contributed by atoms with Crippen molar-refractivity contribution >= 4 is 20.0 Å². The molecule has 148 valence electrons. The molecule has 1 saturated carbocycles. The van der Waals surface area contributed by atoms with Crippen molar-refractivity contribution in [2.24, 2.45) is 5.92 Å². The third-order valence-electron chi connectivity index (χ3n) is 4.96. The first-order valence-electron chi connectivity index (χ1n) is 8.87. The van der Waals surface area contributed by atoms with E-state index in [1.54, 1.807) is 0 Å². The van der Waals surface area contributed by atoms with Gasteiger partial charge in [0.1, 0.15) is 5.82 Å². The molecule has 0 aromatic heterocycles. The molecule has 0 unspecified atom stereocenters. The van der Waals surface area contributed by atoms with Gasteiger partial charge in [-0.2, -0.15) is 4.31 Å². The molecule has 0 saturated heterocycles. The van der Waals surface area contributed by atoms with Gasteiger partial charge in [0.05, 0.1) is 10.6 Å². The third kappa shape index (κ3) is 5.48. The van der Waals surface area contributed by atoms with Crippen LogP contribution < -0.4 is 4.72 Å². The lowest BCUT2D eigenvalue weighted by Crippen LogP contribution is -2.44. The monoisotopic (exact) mass is 406 g/mol.